The molecule has 0 N–H and O–H groups in total. The van der Waals surface area contributed by atoms with Crippen LogP contribution in [0.4, 0.5) is 23.8 Å². The quantitative estimate of drug-likeness (QED) is 0.363. The minimum atomic E-state index is -4.43. The van der Waals surface area contributed by atoms with Gasteiger partial charge in [-0.15, -0.1) is 5.10 Å². The van der Waals surface area contributed by atoms with Crippen LogP contribution in [0.25, 0.3) is 5.65 Å². The summed E-state index contributed by atoms with van der Waals surface area (Å²) in [6, 6.07) is 6.41. The minimum absolute atomic E-state index is 0.00374. The Labute approximate surface area is 262 Å². The van der Waals surface area contributed by atoms with Crippen molar-refractivity contribution >= 4 is 17.6 Å². The first kappa shape index (κ1) is 31.6. The van der Waals surface area contributed by atoms with Crippen LogP contribution in [0.2, 0.25) is 0 Å². The summed E-state index contributed by atoms with van der Waals surface area (Å²) in [4.78, 5) is 24.2. The van der Waals surface area contributed by atoms with Gasteiger partial charge >= 0.3 is 12.3 Å². The largest absolute Gasteiger partial charge is 0.444 e. The highest BCUT2D eigenvalue weighted by molar-refractivity contribution is 5.68. The standard InChI is InChI=1S/C33H43F3N6O3/c1-22-16-28(40-12-14-44-15-13-40)38-42-27(17-24-8-6-9-25(23(24)2)33(34,35)36)26(37-29(22)42)18-39-19-32(20-39)10-7-11-41(21-32)30(43)45-31(3,4)5/h6,8-9,16H,7,10-15,17-21H2,1-5H3. The fourth-order valence-electron chi connectivity index (χ4n) is 7.03. The van der Waals surface area contributed by atoms with Gasteiger partial charge in [0.05, 0.1) is 30.2 Å². The number of likely N-dealkylation sites (tertiary alicyclic amines) is 2. The van der Waals surface area contributed by atoms with E-state index in [1.54, 1.807) is 6.07 Å². The number of amides is 1. The zero-order valence-electron chi connectivity index (χ0n) is 26.8. The molecule has 6 rings (SSSR count). The SMILES string of the molecule is Cc1c(Cc2c(CN3CC4(CCCN(C(=O)OC(C)(C)C)C4)C3)nc3c(C)cc(N4CCOCC4)nn23)cccc1C(F)(F)F. The predicted molar refractivity (Wildman–Crippen MR) is 164 cm³/mol. The van der Waals surface area contributed by atoms with Crippen molar-refractivity contribution in [3.05, 3.63) is 57.9 Å². The lowest BCUT2D eigenvalue weighted by atomic mass is 9.73. The lowest BCUT2D eigenvalue weighted by Gasteiger charge is -2.54. The summed E-state index contributed by atoms with van der Waals surface area (Å²) < 4.78 is 54.5. The number of carbonyl (C=O) groups excluding carboxylic acids is 1. The Bertz CT molecular complexity index is 1570. The van der Waals surface area contributed by atoms with Crippen molar-refractivity contribution < 1.29 is 27.4 Å². The van der Waals surface area contributed by atoms with Gasteiger partial charge in [-0.2, -0.15) is 13.2 Å². The highest BCUT2D eigenvalue weighted by Crippen LogP contribution is 2.41. The van der Waals surface area contributed by atoms with Crippen LogP contribution in [0.15, 0.2) is 24.3 Å². The molecule has 3 aromatic rings. The van der Waals surface area contributed by atoms with Crippen molar-refractivity contribution in [2.45, 2.75) is 72.2 Å². The number of aryl methyl sites for hydroxylation is 1. The molecule has 5 heterocycles. The lowest BCUT2D eigenvalue weighted by molar-refractivity contribution is -0.138. The van der Waals surface area contributed by atoms with Crippen LogP contribution < -0.4 is 4.90 Å². The second-order valence-electron chi connectivity index (χ2n) is 13.9. The van der Waals surface area contributed by atoms with Crippen LogP contribution in [-0.2, 0) is 28.6 Å². The molecule has 3 saturated heterocycles. The molecule has 244 valence electrons. The van der Waals surface area contributed by atoms with Crippen LogP contribution in [0, 0.1) is 19.3 Å². The van der Waals surface area contributed by atoms with Crippen molar-refractivity contribution in [1.82, 2.24) is 24.4 Å². The molecule has 45 heavy (non-hydrogen) atoms. The van der Waals surface area contributed by atoms with E-state index in [1.165, 1.54) is 13.0 Å². The third-order valence-corrected chi connectivity index (χ3v) is 9.18. The monoisotopic (exact) mass is 628 g/mol. The molecule has 0 saturated carbocycles. The van der Waals surface area contributed by atoms with Gasteiger partial charge in [-0.3, -0.25) is 4.90 Å². The Morgan fingerprint density at radius 1 is 1.07 bits per heavy atom. The number of nitrogens with zero attached hydrogens (tertiary/aromatic N) is 6. The van der Waals surface area contributed by atoms with Crippen molar-refractivity contribution in [3.8, 4) is 0 Å². The fraction of sp³-hybridized carbons (Fsp3) is 0.606. The summed E-state index contributed by atoms with van der Waals surface area (Å²) in [5.41, 5.74) is 2.95. The predicted octanol–water partition coefficient (Wildman–Crippen LogP) is 5.63. The Morgan fingerprint density at radius 3 is 2.49 bits per heavy atom. The highest BCUT2D eigenvalue weighted by Gasteiger charge is 2.47. The van der Waals surface area contributed by atoms with E-state index in [2.05, 4.69) is 9.80 Å². The van der Waals surface area contributed by atoms with Crippen molar-refractivity contribution in [2.75, 3.05) is 57.4 Å². The summed E-state index contributed by atoms with van der Waals surface area (Å²) in [7, 11) is 0. The Hall–Kier alpha value is -3.38. The molecule has 3 aliphatic heterocycles. The maximum absolute atomic E-state index is 13.8. The summed E-state index contributed by atoms with van der Waals surface area (Å²) >= 11 is 0. The van der Waals surface area contributed by atoms with Crippen LogP contribution >= 0.6 is 0 Å². The molecule has 3 aliphatic rings. The molecular formula is C33H43F3N6O3. The number of hydrogen-bond donors (Lipinski definition) is 0. The fourth-order valence-corrected chi connectivity index (χ4v) is 7.03. The van der Waals surface area contributed by atoms with Crippen LogP contribution in [0.5, 0.6) is 0 Å². The Morgan fingerprint density at radius 2 is 1.80 bits per heavy atom. The van der Waals surface area contributed by atoms with Crippen LogP contribution in [-0.4, -0.2) is 88.6 Å². The Kier molecular flexibility index (Phi) is 8.26. The zero-order valence-corrected chi connectivity index (χ0v) is 26.8. The van der Waals surface area contributed by atoms with E-state index in [9.17, 15) is 18.0 Å². The molecule has 2 aromatic heterocycles. The molecule has 9 nitrogen and oxygen atoms in total. The van der Waals surface area contributed by atoms with E-state index >= 15 is 0 Å². The third kappa shape index (κ3) is 6.63. The molecule has 0 aliphatic carbocycles. The number of imidazole rings is 1. The Balaban J connectivity index is 1.29. The number of alkyl halides is 3. The van der Waals surface area contributed by atoms with Crippen LogP contribution in [0.3, 0.4) is 0 Å². The van der Waals surface area contributed by atoms with Gasteiger partial charge in [-0.25, -0.2) is 14.3 Å². The second-order valence-corrected chi connectivity index (χ2v) is 13.9. The van der Waals surface area contributed by atoms with Gasteiger partial charge in [0.15, 0.2) is 5.65 Å². The topological polar surface area (TPSA) is 75.4 Å². The molecule has 1 aromatic carbocycles. The number of carbonyl (C=O) groups is 1. The molecule has 0 atom stereocenters. The highest BCUT2D eigenvalue weighted by atomic mass is 19.4. The molecule has 0 radical (unpaired) electrons. The number of rotatable bonds is 5. The third-order valence-electron chi connectivity index (χ3n) is 9.18. The normalized spacial score (nSPS) is 19.3. The number of anilines is 1. The van der Waals surface area contributed by atoms with Gasteiger partial charge in [0.25, 0.3) is 0 Å². The number of aromatic nitrogens is 3. The summed E-state index contributed by atoms with van der Waals surface area (Å²) in [5, 5.41) is 5.00. The number of halogens is 3. The molecule has 3 fully saturated rings. The first-order valence-electron chi connectivity index (χ1n) is 15.8. The van der Waals surface area contributed by atoms with E-state index in [-0.39, 0.29) is 23.5 Å². The van der Waals surface area contributed by atoms with Gasteiger partial charge in [-0.1, -0.05) is 12.1 Å². The van der Waals surface area contributed by atoms with Gasteiger partial charge in [0, 0.05) is 57.6 Å². The second kappa shape index (κ2) is 11.8. The molecule has 0 unspecified atom stereocenters. The van der Waals surface area contributed by atoms with Crippen molar-refractivity contribution in [1.29, 1.82) is 0 Å². The molecule has 1 spiro atoms. The number of fused-ring (bicyclic) bond motifs is 1. The number of hydrogen-bond acceptors (Lipinski definition) is 7. The summed E-state index contributed by atoms with van der Waals surface area (Å²) in [6.45, 7) is 15.4. The van der Waals surface area contributed by atoms with Crippen molar-refractivity contribution in [3.63, 3.8) is 0 Å². The zero-order chi connectivity index (χ0) is 32.1. The van der Waals surface area contributed by atoms with E-state index in [0.29, 0.717) is 44.1 Å². The number of morpholine rings is 1. The van der Waals surface area contributed by atoms with Gasteiger partial charge < -0.3 is 19.3 Å². The first-order chi connectivity index (χ1) is 21.2. The number of benzene rings is 1. The molecule has 0 bridgehead atoms. The van der Waals surface area contributed by atoms with Crippen LogP contribution in [0.1, 0.15) is 67.3 Å². The average Bonchev–Trinajstić information content (AvgIpc) is 3.29. The van der Waals surface area contributed by atoms with Crippen molar-refractivity contribution in [2.24, 2.45) is 5.41 Å². The van der Waals surface area contributed by atoms with E-state index in [1.807, 2.05) is 43.2 Å². The molecular weight excluding hydrogens is 585 g/mol. The van der Waals surface area contributed by atoms with E-state index < -0.39 is 17.3 Å². The summed E-state index contributed by atoms with van der Waals surface area (Å²) in [6.07, 6.45) is -2.46. The smallest absolute Gasteiger partial charge is 0.416 e. The maximum Gasteiger partial charge on any atom is 0.416 e. The molecule has 12 heteroatoms. The number of ether oxygens (including phenoxy) is 2. The lowest BCUT2D eigenvalue weighted by Crippen LogP contribution is -2.63. The van der Waals surface area contributed by atoms with Gasteiger partial charge in [-0.05, 0) is 76.3 Å². The van der Waals surface area contributed by atoms with Gasteiger partial charge in [0.2, 0.25) is 0 Å². The maximum atomic E-state index is 13.8. The van der Waals surface area contributed by atoms with E-state index in [0.717, 1.165) is 67.9 Å². The first-order valence-corrected chi connectivity index (χ1v) is 15.8. The van der Waals surface area contributed by atoms with Gasteiger partial charge in [0.1, 0.15) is 11.4 Å². The average molecular weight is 629 g/mol. The van der Waals surface area contributed by atoms with E-state index in [4.69, 9.17) is 19.6 Å². The minimum Gasteiger partial charge on any atom is -0.444 e. The number of piperidine rings is 1. The molecule has 1 amide bonds. The summed E-state index contributed by atoms with van der Waals surface area (Å²) in [5.74, 6) is 0.807.